The van der Waals surface area contributed by atoms with E-state index >= 15 is 0 Å². The zero-order valence-electron chi connectivity index (χ0n) is 23.9. The summed E-state index contributed by atoms with van der Waals surface area (Å²) in [7, 11) is 1.54. The van der Waals surface area contributed by atoms with Crippen LogP contribution < -0.4 is 15.8 Å². The molecule has 0 radical (unpaired) electrons. The molecule has 3 aromatic rings. The highest BCUT2D eigenvalue weighted by molar-refractivity contribution is 7.89. The van der Waals surface area contributed by atoms with E-state index in [1.807, 2.05) is 6.20 Å². The molecule has 0 spiro atoms. The highest BCUT2D eigenvalue weighted by atomic mass is 32.2. The van der Waals surface area contributed by atoms with E-state index in [0.717, 1.165) is 51.3 Å². The first-order valence-corrected chi connectivity index (χ1v) is 15.5. The maximum absolute atomic E-state index is 13.6. The van der Waals surface area contributed by atoms with Crippen LogP contribution in [0.15, 0.2) is 64.4 Å². The lowest BCUT2D eigenvalue weighted by Crippen LogP contribution is -2.47. The second-order valence-electron chi connectivity index (χ2n) is 11.2. The van der Waals surface area contributed by atoms with Gasteiger partial charge in [-0.05, 0) is 69.6 Å². The number of benzene rings is 2. The van der Waals surface area contributed by atoms with E-state index in [2.05, 4.69) is 53.4 Å². The molecule has 0 amide bonds. The van der Waals surface area contributed by atoms with Crippen molar-refractivity contribution in [1.29, 1.82) is 0 Å². The molecule has 1 N–H and O–H groups in total. The van der Waals surface area contributed by atoms with Gasteiger partial charge in [-0.15, -0.1) is 0 Å². The van der Waals surface area contributed by atoms with Crippen LogP contribution >= 0.6 is 0 Å². The number of nitrogens with one attached hydrogen (secondary N) is 1. The van der Waals surface area contributed by atoms with Crippen LogP contribution in [0.25, 0.3) is 5.69 Å². The Balaban J connectivity index is 1.31. The number of likely N-dealkylation sites (N-methyl/N-ethyl adjacent to an activating group) is 1. The summed E-state index contributed by atoms with van der Waals surface area (Å²) in [5.41, 5.74) is 3.98. The van der Waals surface area contributed by atoms with Gasteiger partial charge in [-0.1, -0.05) is 29.8 Å². The molecule has 1 aliphatic heterocycles. The lowest BCUT2D eigenvalue weighted by molar-refractivity contribution is 0.311. The molecule has 1 saturated heterocycles. The summed E-state index contributed by atoms with van der Waals surface area (Å²) in [6.07, 6.45) is 4.62. The molecule has 0 unspecified atom stereocenters. The molecular formula is C30H40N6O3S. The fraction of sp³-hybridized carbons (Fsp3) is 0.467. The Kier molecular flexibility index (Phi) is 8.42. The van der Waals surface area contributed by atoms with E-state index in [9.17, 15) is 13.2 Å². The fourth-order valence-electron chi connectivity index (χ4n) is 5.21. The van der Waals surface area contributed by atoms with Crippen molar-refractivity contribution in [2.24, 2.45) is 0 Å². The number of hydrogen-bond acceptors (Lipinski definition) is 7. The molecule has 2 aromatic carbocycles. The Labute approximate surface area is 237 Å². The summed E-state index contributed by atoms with van der Waals surface area (Å²) in [5, 5.41) is 3.69. The Bertz CT molecular complexity index is 1480. The van der Waals surface area contributed by atoms with Crippen LogP contribution in [0.2, 0.25) is 0 Å². The van der Waals surface area contributed by atoms with Crippen LogP contribution in [0, 0.1) is 6.92 Å². The minimum Gasteiger partial charge on any atom is -0.349 e. The van der Waals surface area contributed by atoms with Crippen LogP contribution in [0.4, 0.5) is 5.82 Å². The predicted molar refractivity (Wildman–Crippen MR) is 159 cm³/mol. The van der Waals surface area contributed by atoms with Crippen molar-refractivity contribution in [3.63, 3.8) is 0 Å². The van der Waals surface area contributed by atoms with E-state index in [1.165, 1.54) is 35.9 Å². The SMILES string of the molecule is Cc1ccc([C@@H]2C[C@H]2NCCCc2cn(-c3ccc(S(=O)(=O)N(C)C)cc3)c(=O)c(N3CCN(C)CC3)n2)cc1. The molecule has 1 aromatic heterocycles. The Hall–Kier alpha value is -3.05. The van der Waals surface area contributed by atoms with Crippen LogP contribution in [0.1, 0.15) is 35.6 Å². The maximum Gasteiger partial charge on any atom is 0.298 e. The van der Waals surface area contributed by atoms with Crippen molar-refractivity contribution in [1.82, 2.24) is 24.1 Å². The number of nitrogens with zero attached hydrogens (tertiary/aromatic N) is 5. The van der Waals surface area contributed by atoms with E-state index in [1.54, 1.807) is 28.8 Å². The molecule has 10 heteroatoms. The minimum atomic E-state index is -3.55. The van der Waals surface area contributed by atoms with Crippen LogP contribution in [0.3, 0.4) is 0 Å². The zero-order chi connectivity index (χ0) is 28.4. The van der Waals surface area contributed by atoms with E-state index in [-0.39, 0.29) is 10.5 Å². The Morgan fingerprint density at radius 2 is 1.68 bits per heavy atom. The van der Waals surface area contributed by atoms with E-state index < -0.39 is 10.0 Å². The maximum atomic E-state index is 13.6. The monoisotopic (exact) mass is 564 g/mol. The van der Waals surface area contributed by atoms with Crippen LogP contribution in [-0.4, -0.2) is 87.1 Å². The van der Waals surface area contributed by atoms with Gasteiger partial charge in [-0.3, -0.25) is 9.36 Å². The van der Waals surface area contributed by atoms with Crippen molar-refractivity contribution in [3.8, 4) is 5.69 Å². The van der Waals surface area contributed by atoms with Crippen molar-refractivity contribution in [2.45, 2.75) is 43.0 Å². The first-order chi connectivity index (χ1) is 19.1. The topological polar surface area (TPSA) is 90.8 Å². The normalized spacial score (nSPS) is 19.8. The standard InChI is InChI=1S/C30H40N6O3S/c1-22-7-9-23(10-8-22)27-20-28(27)31-15-5-6-24-21-36(25-11-13-26(14-12-25)40(38,39)33(2)3)30(37)29(32-24)35-18-16-34(4)17-19-35/h7-14,21,27-28,31H,5-6,15-20H2,1-4H3/t27-,28+/m0/s1. The molecule has 1 aliphatic carbocycles. The van der Waals surface area contributed by atoms with E-state index in [4.69, 9.17) is 4.98 Å². The summed E-state index contributed by atoms with van der Waals surface area (Å²) in [4.78, 5) is 23.0. The predicted octanol–water partition coefficient (Wildman–Crippen LogP) is 2.62. The molecule has 1 saturated carbocycles. The van der Waals surface area contributed by atoms with Crippen LogP contribution in [-0.2, 0) is 16.4 Å². The van der Waals surface area contributed by atoms with Gasteiger partial charge < -0.3 is 15.1 Å². The molecule has 0 bridgehead atoms. The van der Waals surface area contributed by atoms with Gasteiger partial charge in [0.15, 0.2) is 5.82 Å². The number of sulfonamides is 1. The number of piperazine rings is 1. The smallest absolute Gasteiger partial charge is 0.298 e. The number of anilines is 1. The highest BCUT2D eigenvalue weighted by Gasteiger charge is 2.37. The average Bonchev–Trinajstić information content (AvgIpc) is 3.72. The summed E-state index contributed by atoms with van der Waals surface area (Å²) in [6, 6.07) is 15.8. The molecule has 2 atom stereocenters. The van der Waals surface area contributed by atoms with Crippen molar-refractivity contribution >= 4 is 15.8 Å². The second-order valence-corrected chi connectivity index (χ2v) is 13.4. The number of aryl methyl sites for hydroxylation is 2. The Morgan fingerprint density at radius 1 is 1.00 bits per heavy atom. The molecule has 2 heterocycles. The zero-order valence-corrected chi connectivity index (χ0v) is 24.7. The lowest BCUT2D eigenvalue weighted by Gasteiger charge is -2.33. The summed E-state index contributed by atoms with van der Waals surface area (Å²) in [6.45, 7) is 6.22. The van der Waals surface area contributed by atoms with Gasteiger partial charge in [0.1, 0.15) is 0 Å². The van der Waals surface area contributed by atoms with Gasteiger partial charge in [0, 0.05) is 64.1 Å². The third-order valence-electron chi connectivity index (χ3n) is 7.95. The van der Waals surface area contributed by atoms with Gasteiger partial charge in [-0.2, -0.15) is 0 Å². The highest BCUT2D eigenvalue weighted by Crippen LogP contribution is 2.40. The minimum absolute atomic E-state index is 0.187. The summed E-state index contributed by atoms with van der Waals surface area (Å²) < 4.78 is 27.9. The van der Waals surface area contributed by atoms with Crippen molar-refractivity contribution < 1.29 is 8.42 Å². The van der Waals surface area contributed by atoms with Crippen molar-refractivity contribution in [3.05, 3.63) is 81.9 Å². The largest absolute Gasteiger partial charge is 0.349 e. The quantitative estimate of drug-likeness (QED) is 0.379. The summed E-state index contributed by atoms with van der Waals surface area (Å²) in [5.74, 6) is 1.05. The number of hydrogen-bond donors (Lipinski definition) is 1. The molecule has 2 fully saturated rings. The molecule has 40 heavy (non-hydrogen) atoms. The van der Waals surface area contributed by atoms with Gasteiger partial charge in [-0.25, -0.2) is 17.7 Å². The molecule has 9 nitrogen and oxygen atoms in total. The molecule has 2 aliphatic rings. The molecular weight excluding hydrogens is 524 g/mol. The third kappa shape index (κ3) is 6.30. The second kappa shape index (κ2) is 11.8. The van der Waals surface area contributed by atoms with Gasteiger partial charge >= 0.3 is 0 Å². The lowest BCUT2D eigenvalue weighted by atomic mass is 10.1. The van der Waals surface area contributed by atoms with Gasteiger partial charge in [0.05, 0.1) is 10.6 Å². The number of rotatable bonds is 10. The molecule has 5 rings (SSSR count). The first-order valence-electron chi connectivity index (χ1n) is 14.0. The van der Waals surface area contributed by atoms with Gasteiger partial charge in [0.25, 0.3) is 5.56 Å². The van der Waals surface area contributed by atoms with Crippen molar-refractivity contribution in [2.75, 3.05) is 58.8 Å². The third-order valence-corrected chi connectivity index (χ3v) is 9.78. The fourth-order valence-corrected chi connectivity index (χ4v) is 6.12. The van der Waals surface area contributed by atoms with Gasteiger partial charge in [0.2, 0.25) is 10.0 Å². The average molecular weight is 565 g/mol. The summed E-state index contributed by atoms with van der Waals surface area (Å²) >= 11 is 0. The first kappa shape index (κ1) is 28.5. The molecule has 214 valence electrons. The number of aromatic nitrogens is 2. The van der Waals surface area contributed by atoms with Crippen LogP contribution in [0.5, 0.6) is 0 Å². The van der Waals surface area contributed by atoms with E-state index in [0.29, 0.717) is 23.5 Å². The Morgan fingerprint density at radius 3 is 2.33 bits per heavy atom.